The van der Waals surface area contributed by atoms with Crippen molar-refractivity contribution in [2.24, 2.45) is 0 Å². The number of rotatable bonds is 2. The molecule has 0 bridgehead atoms. The Hall–Kier alpha value is -1.18. The predicted octanol–water partition coefficient (Wildman–Crippen LogP) is 2.73. The third-order valence-electron chi connectivity index (χ3n) is 1.81. The number of Topliss-reactive ketones (excluding diaryl/α,β-unsaturated/α-hetero) is 1. The lowest BCUT2D eigenvalue weighted by Crippen LogP contribution is -1.97. The van der Waals surface area contributed by atoms with E-state index >= 15 is 0 Å². The maximum Gasteiger partial charge on any atom is 0.162 e. The lowest BCUT2D eigenvalue weighted by atomic mass is 10.1. The molecule has 1 aromatic rings. The van der Waals surface area contributed by atoms with Crippen LogP contribution in [0, 0.1) is 12.7 Å². The summed E-state index contributed by atoms with van der Waals surface area (Å²) in [6.07, 6.45) is 0.419. The molecule has 0 aromatic heterocycles. The van der Waals surface area contributed by atoms with Crippen LogP contribution in [0.15, 0.2) is 18.2 Å². The van der Waals surface area contributed by atoms with Crippen molar-refractivity contribution in [1.82, 2.24) is 0 Å². The van der Waals surface area contributed by atoms with Gasteiger partial charge >= 0.3 is 0 Å². The minimum Gasteiger partial charge on any atom is -0.294 e. The minimum atomic E-state index is -0.311. The summed E-state index contributed by atoms with van der Waals surface area (Å²) in [4.78, 5) is 11.1. The van der Waals surface area contributed by atoms with Gasteiger partial charge in [-0.25, -0.2) is 4.39 Å². The van der Waals surface area contributed by atoms with Gasteiger partial charge in [-0.15, -0.1) is 0 Å². The molecule has 0 aliphatic heterocycles. The van der Waals surface area contributed by atoms with Gasteiger partial charge in [-0.1, -0.05) is 19.1 Å². The molecular formula is C10H11FO. The second-order valence-electron chi connectivity index (χ2n) is 2.74. The van der Waals surface area contributed by atoms with E-state index in [1.54, 1.807) is 26.0 Å². The van der Waals surface area contributed by atoms with E-state index in [2.05, 4.69) is 0 Å². The van der Waals surface area contributed by atoms with Crippen LogP contribution < -0.4 is 0 Å². The van der Waals surface area contributed by atoms with Crippen LogP contribution in [0.1, 0.15) is 29.3 Å². The Morgan fingerprint density at radius 1 is 1.50 bits per heavy atom. The van der Waals surface area contributed by atoms with Crippen molar-refractivity contribution in [1.29, 1.82) is 0 Å². The molecule has 64 valence electrons. The Morgan fingerprint density at radius 2 is 2.17 bits per heavy atom. The quantitative estimate of drug-likeness (QED) is 0.617. The smallest absolute Gasteiger partial charge is 0.162 e. The Morgan fingerprint density at radius 3 is 2.67 bits per heavy atom. The highest BCUT2D eigenvalue weighted by Crippen LogP contribution is 2.10. The van der Waals surface area contributed by atoms with Crippen molar-refractivity contribution in [3.05, 3.63) is 35.1 Å². The number of carbonyl (C=O) groups excluding carboxylic acids is 1. The summed E-state index contributed by atoms with van der Waals surface area (Å²) in [6, 6.07) is 4.57. The first-order valence-electron chi connectivity index (χ1n) is 3.94. The fourth-order valence-corrected chi connectivity index (χ4v) is 0.970. The summed E-state index contributed by atoms with van der Waals surface area (Å²) in [5, 5.41) is 0. The van der Waals surface area contributed by atoms with Crippen LogP contribution in [-0.4, -0.2) is 5.78 Å². The van der Waals surface area contributed by atoms with Crippen LogP contribution in [0.2, 0.25) is 0 Å². The van der Waals surface area contributed by atoms with Crippen molar-refractivity contribution in [3.63, 3.8) is 0 Å². The first-order valence-corrected chi connectivity index (χ1v) is 3.94. The molecule has 0 atom stereocenters. The molecule has 1 nitrogen and oxygen atoms in total. The summed E-state index contributed by atoms with van der Waals surface area (Å²) in [7, 11) is 0. The van der Waals surface area contributed by atoms with Crippen molar-refractivity contribution in [2.75, 3.05) is 0 Å². The van der Waals surface area contributed by atoms with Crippen molar-refractivity contribution < 1.29 is 9.18 Å². The second-order valence-corrected chi connectivity index (χ2v) is 2.74. The van der Waals surface area contributed by atoms with Crippen LogP contribution >= 0.6 is 0 Å². The molecular weight excluding hydrogens is 155 g/mol. The highest BCUT2D eigenvalue weighted by Gasteiger charge is 2.04. The molecule has 0 aliphatic carbocycles. The molecule has 0 spiro atoms. The second kappa shape index (κ2) is 3.48. The van der Waals surface area contributed by atoms with Gasteiger partial charge in [-0.2, -0.15) is 0 Å². The van der Waals surface area contributed by atoms with Crippen LogP contribution in [0.5, 0.6) is 0 Å². The number of aryl methyl sites for hydroxylation is 1. The zero-order valence-electron chi connectivity index (χ0n) is 7.23. The fraction of sp³-hybridized carbons (Fsp3) is 0.300. The standard InChI is InChI=1S/C10H11FO/c1-3-10(12)8-5-4-7(2)9(11)6-8/h4-6H,3H2,1-2H3. The number of hydrogen-bond acceptors (Lipinski definition) is 1. The van der Waals surface area contributed by atoms with E-state index in [9.17, 15) is 9.18 Å². The van der Waals surface area contributed by atoms with E-state index in [-0.39, 0.29) is 11.6 Å². The van der Waals surface area contributed by atoms with Crippen molar-refractivity contribution in [2.45, 2.75) is 20.3 Å². The fourth-order valence-electron chi connectivity index (χ4n) is 0.970. The summed E-state index contributed by atoms with van der Waals surface area (Å²) < 4.78 is 12.9. The van der Waals surface area contributed by atoms with Gasteiger partial charge in [-0.05, 0) is 18.6 Å². The molecule has 0 saturated heterocycles. The zero-order valence-corrected chi connectivity index (χ0v) is 7.23. The van der Waals surface area contributed by atoms with Gasteiger partial charge in [-0.3, -0.25) is 4.79 Å². The molecule has 0 radical (unpaired) electrons. The number of hydrogen-bond donors (Lipinski definition) is 0. The summed E-state index contributed by atoms with van der Waals surface area (Å²) >= 11 is 0. The molecule has 1 rings (SSSR count). The van der Waals surface area contributed by atoms with Crippen molar-refractivity contribution >= 4 is 5.78 Å². The van der Waals surface area contributed by atoms with Gasteiger partial charge in [0, 0.05) is 12.0 Å². The molecule has 12 heavy (non-hydrogen) atoms. The molecule has 0 saturated carbocycles. The van der Waals surface area contributed by atoms with Gasteiger partial charge in [0.1, 0.15) is 5.82 Å². The average molecular weight is 166 g/mol. The van der Waals surface area contributed by atoms with Gasteiger partial charge in [0.25, 0.3) is 0 Å². The van der Waals surface area contributed by atoms with E-state index < -0.39 is 0 Å². The highest BCUT2D eigenvalue weighted by molar-refractivity contribution is 5.95. The molecule has 0 heterocycles. The van der Waals surface area contributed by atoms with Crippen molar-refractivity contribution in [3.8, 4) is 0 Å². The predicted molar refractivity (Wildman–Crippen MR) is 45.8 cm³/mol. The number of halogens is 1. The number of ketones is 1. The van der Waals surface area contributed by atoms with Crippen LogP contribution in [0.25, 0.3) is 0 Å². The van der Waals surface area contributed by atoms with E-state index in [1.165, 1.54) is 6.07 Å². The number of benzene rings is 1. The number of carbonyl (C=O) groups is 1. The largest absolute Gasteiger partial charge is 0.294 e. The summed E-state index contributed by atoms with van der Waals surface area (Å²) in [5.74, 6) is -0.330. The topological polar surface area (TPSA) is 17.1 Å². The Balaban J connectivity index is 3.05. The monoisotopic (exact) mass is 166 g/mol. The van der Waals surface area contributed by atoms with Crippen LogP contribution in [0.3, 0.4) is 0 Å². The van der Waals surface area contributed by atoms with E-state index in [4.69, 9.17) is 0 Å². The SMILES string of the molecule is CCC(=O)c1ccc(C)c(F)c1. The third kappa shape index (κ3) is 1.70. The normalized spacial score (nSPS) is 9.92. The molecule has 0 aliphatic rings. The molecule has 0 amide bonds. The summed E-state index contributed by atoms with van der Waals surface area (Å²) in [6.45, 7) is 3.44. The maximum absolute atomic E-state index is 12.9. The first kappa shape index (κ1) is 8.91. The molecule has 0 N–H and O–H groups in total. The minimum absolute atomic E-state index is 0.0195. The maximum atomic E-state index is 12.9. The molecule has 0 unspecified atom stereocenters. The zero-order chi connectivity index (χ0) is 9.14. The Bertz CT molecular complexity index is 305. The van der Waals surface area contributed by atoms with E-state index in [0.29, 0.717) is 17.5 Å². The van der Waals surface area contributed by atoms with Crippen LogP contribution in [0.4, 0.5) is 4.39 Å². The van der Waals surface area contributed by atoms with Gasteiger partial charge in [0.05, 0.1) is 0 Å². The first-order chi connectivity index (χ1) is 5.65. The molecule has 2 heteroatoms. The molecule has 1 aromatic carbocycles. The molecule has 0 fully saturated rings. The Kier molecular flexibility index (Phi) is 2.58. The summed E-state index contributed by atoms with van der Waals surface area (Å²) in [5.41, 5.74) is 1.03. The Labute approximate surface area is 71.2 Å². The van der Waals surface area contributed by atoms with E-state index in [1.807, 2.05) is 0 Å². The lowest BCUT2D eigenvalue weighted by Gasteiger charge is -1.99. The van der Waals surface area contributed by atoms with Gasteiger partial charge < -0.3 is 0 Å². The van der Waals surface area contributed by atoms with E-state index in [0.717, 1.165) is 0 Å². The van der Waals surface area contributed by atoms with Gasteiger partial charge in [0.15, 0.2) is 5.78 Å². The average Bonchev–Trinajstić information content (AvgIpc) is 2.08. The lowest BCUT2D eigenvalue weighted by molar-refractivity contribution is 0.0987. The van der Waals surface area contributed by atoms with Crippen LogP contribution in [-0.2, 0) is 0 Å². The highest BCUT2D eigenvalue weighted by atomic mass is 19.1. The van der Waals surface area contributed by atoms with Gasteiger partial charge in [0.2, 0.25) is 0 Å². The third-order valence-corrected chi connectivity index (χ3v) is 1.81.